The Morgan fingerprint density at radius 2 is 1.68 bits per heavy atom. The summed E-state index contributed by atoms with van der Waals surface area (Å²) in [6.07, 6.45) is 1.90. The van der Waals surface area contributed by atoms with Crippen LogP contribution in [-0.2, 0) is 21.4 Å². The predicted molar refractivity (Wildman–Crippen MR) is 127 cm³/mol. The number of thioether (sulfide) groups is 1. The van der Waals surface area contributed by atoms with Crippen molar-refractivity contribution in [1.82, 2.24) is 4.31 Å². The number of para-hydroxylation sites is 1. The Bertz CT molecular complexity index is 1170. The van der Waals surface area contributed by atoms with Gasteiger partial charge in [0, 0.05) is 21.5 Å². The van der Waals surface area contributed by atoms with E-state index < -0.39 is 15.9 Å². The summed E-state index contributed by atoms with van der Waals surface area (Å²) >= 11 is 13.5. The number of hydrogen-bond acceptors (Lipinski definition) is 4. The maximum atomic E-state index is 13.3. The largest absolute Gasteiger partial charge is 0.324 e. The highest BCUT2D eigenvalue weighted by Gasteiger charge is 2.27. The van der Waals surface area contributed by atoms with Crippen molar-refractivity contribution in [2.45, 2.75) is 16.3 Å². The van der Waals surface area contributed by atoms with Crippen LogP contribution in [0.2, 0.25) is 10.0 Å². The second-order valence-corrected chi connectivity index (χ2v) is 10.3. The first-order chi connectivity index (χ1) is 14.8. The number of nitrogens with zero attached hydrogens (tertiary/aromatic N) is 1. The highest BCUT2D eigenvalue weighted by atomic mass is 35.5. The fourth-order valence-corrected chi connectivity index (χ4v) is 5.20. The van der Waals surface area contributed by atoms with Crippen molar-refractivity contribution in [3.8, 4) is 0 Å². The number of halogens is 2. The van der Waals surface area contributed by atoms with E-state index in [1.54, 1.807) is 30.3 Å². The Labute approximate surface area is 196 Å². The summed E-state index contributed by atoms with van der Waals surface area (Å²) in [6, 6.07) is 20.1. The molecule has 1 N–H and O–H groups in total. The summed E-state index contributed by atoms with van der Waals surface area (Å²) in [4.78, 5) is 13.7. The van der Waals surface area contributed by atoms with Crippen molar-refractivity contribution in [3.63, 3.8) is 0 Å². The van der Waals surface area contributed by atoms with E-state index in [-0.39, 0.29) is 18.0 Å². The normalized spacial score (nSPS) is 11.5. The molecule has 3 aromatic rings. The molecular weight excluding hydrogens is 475 g/mol. The summed E-state index contributed by atoms with van der Waals surface area (Å²) in [7, 11) is -3.97. The van der Waals surface area contributed by atoms with Gasteiger partial charge >= 0.3 is 0 Å². The molecule has 0 radical (unpaired) electrons. The van der Waals surface area contributed by atoms with E-state index in [0.29, 0.717) is 21.3 Å². The van der Waals surface area contributed by atoms with Gasteiger partial charge in [0.25, 0.3) is 0 Å². The molecular formula is C22H20Cl2N2O3S2. The monoisotopic (exact) mass is 494 g/mol. The summed E-state index contributed by atoms with van der Waals surface area (Å²) in [5.74, 6) is -0.443. The third-order valence-corrected chi connectivity index (χ3v) is 7.49. The van der Waals surface area contributed by atoms with Crippen LogP contribution in [0.15, 0.2) is 82.6 Å². The predicted octanol–water partition coefficient (Wildman–Crippen LogP) is 5.54. The number of carbonyl (C=O) groups is 1. The number of anilines is 1. The van der Waals surface area contributed by atoms with Crippen LogP contribution < -0.4 is 5.32 Å². The smallest absolute Gasteiger partial charge is 0.243 e. The molecule has 0 aliphatic heterocycles. The molecule has 0 aliphatic rings. The Morgan fingerprint density at radius 3 is 2.35 bits per heavy atom. The van der Waals surface area contributed by atoms with Gasteiger partial charge in [-0.2, -0.15) is 4.31 Å². The number of amides is 1. The number of rotatable bonds is 8. The second-order valence-electron chi connectivity index (χ2n) is 6.61. The van der Waals surface area contributed by atoms with E-state index in [4.69, 9.17) is 23.2 Å². The molecule has 0 atom stereocenters. The molecule has 3 rings (SSSR count). The Kier molecular flexibility index (Phi) is 8.02. The van der Waals surface area contributed by atoms with Crippen LogP contribution in [0.1, 0.15) is 5.56 Å². The van der Waals surface area contributed by atoms with Crippen LogP contribution in [0.25, 0.3) is 0 Å². The van der Waals surface area contributed by atoms with Crippen LogP contribution in [0.3, 0.4) is 0 Å². The lowest BCUT2D eigenvalue weighted by atomic mass is 10.2. The lowest BCUT2D eigenvalue weighted by Gasteiger charge is -2.22. The molecule has 0 saturated carbocycles. The van der Waals surface area contributed by atoms with Crippen molar-refractivity contribution >= 4 is 56.6 Å². The lowest BCUT2D eigenvalue weighted by Crippen LogP contribution is -2.37. The van der Waals surface area contributed by atoms with E-state index in [1.165, 1.54) is 36.0 Å². The van der Waals surface area contributed by atoms with Crippen molar-refractivity contribution in [1.29, 1.82) is 0 Å². The van der Waals surface area contributed by atoms with E-state index in [2.05, 4.69) is 5.32 Å². The van der Waals surface area contributed by atoms with Crippen LogP contribution >= 0.6 is 35.0 Å². The molecule has 0 fully saturated rings. The van der Waals surface area contributed by atoms with Crippen LogP contribution in [0.4, 0.5) is 5.69 Å². The number of hydrogen-bond donors (Lipinski definition) is 1. The minimum absolute atomic E-state index is 0.0108. The fourth-order valence-electron chi connectivity index (χ4n) is 2.92. The quantitative estimate of drug-likeness (QED) is 0.417. The zero-order valence-electron chi connectivity index (χ0n) is 16.6. The molecule has 162 valence electrons. The maximum Gasteiger partial charge on any atom is 0.243 e. The zero-order valence-corrected chi connectivity index (χ0v) is 19.7. The first kappa shape index (κ1) is 23.6. The number of carbonyl (C=O) groups excluding carboxylic acids is 1. The topological polar surface area (TPSA) is 66.5 Å². The fraction of sp³-hybridized carbons (Fsp3) is 0.136. The van der Waals surface area contributed by atoms with E-state index in [0.717, 1.165) is 9.20 Å². The average molecular weight is 495 g/mol. The lowest BCUT2D eigenvalue weighted by molar-refractivity contribution is -0.116. The van der Waals surface area contributed by atoms with Crippen LogP contribution in [0.5, 0.6) is 0 Å². The number of nitrogens with one attached hydrogen (secondary N) is 1. The van der Waals surface area contributed by atoms with Gasteiger partial charge in [0.05, 0.1) is 17.1 Å². The Balaban J connectivity index is 1.89. The number of sulfonamides is 1. The van der Waals surface area contributed by atoms with Gasteiger partial charge in [-0.3, -0.25) is 4.79 Å². The summed E-state index contributed by atoms with van der Waals surface area (Å²) in [5.41, 5.74) is 1.30. The molecule has 0 heterocycles. The van der Waals surface area contributed by atoms with Gasteiger partial charge in [-0.25, -0.2) is 8.42 Å². The molecule has 0 bridgehead atoms. The van der Waals surface area contributed by atoms with Gasteiger partial charge in [-0.05, 0) is 60.4 Å². The first-order valence-electron chi connectivity index (χ1n) is 9.22. The minimum Gasteiger partial charge on any atom is -0.324 e. The van der Waals surface area contributed by atoms with Gasteiger partial charge < -0.3 is 5.32 Å². The van der Waals surface area contributed by atoms with Crippen LogP contribution in [-0.4, -0.2) is 31.4 Å². The average Bonchev–Trinajstić information content (AvgIpc) is 2.74. The van der Waals surface area contributed by atoms with Crippen molar-refractivity contribution in [2.75, 3.05) is 18.1 Å². The standard InChI is InChI=1S/C22H20Cl2N2O3S2/c1-30-21-8-3-2-7-20(21)25-22(27)15-26(14-16-5-4-6-18(24)13-16)31(28,29)19-11-9-17(23)10-12-19/h2-13H,14-15H2,1H3,(H,25,27). The molecule has 9 heteroatoms. The van der Waals surface area contributed by atoms with Crippen molar-refractivity contribution in [3.05, 3.63) is 88.4 Å². The zero-order chi connectivity index (χ0) is 22.4. The molecule has 31 heavy (non-hydrogen) atoms. The highest BCUT2D eigenvalue weighted by Crippen LogP contribution is 2.25. The van der Waals surface area contributed by atoms with Gasteiger partial charge in [-0.1, -0.05) is 47.5 Å². The van der Waals surface area contributed by atoms with Crippen molar-refractivity contribution < 1.29 is 13.2 Å². The number of benzene rings is 3. The second kappa shape index (κ2) is 10.5. The SMILES string of the molecule is CSc1ccccc1NC(=O)CN(Cc1cccc(Cl)c1)S(=O)(=O)c1ccc(Cl)cc1. The molecule has 3 aromatic carbocycles. The molecule has 0 aromatic heterocycles. The van der Waals surface area contributed by atoms with Crippen molar-refractivity contribution in [2.24, 2.45) is 0 Å². The van der Waals surface area contributed by atoms with Gasteiger partial charge in [0.15, 0.2) is 0 Å². The highest BCUT2D eigenvalue weighted by molar-refractivity contribution is 7.98. The van der Waals surface area contributed by atoms with E-state index in [1.807, 2.05) is 24.5 Å². The summed E-state index contributed by atoms with van der Waals surface area (Å²) in [5, 5.41) is 3.72. The summed E-state index contributed by atoms with van der Waals surface area (Å²) in [6.45, 7) is -0.372. The third kappa shape index (κ3) is 6.24. The Hall–Kier alpha value is -2.03. The molecule has 5 nitrogen and oxygen atoms in total. The molecule has 0 unspecified atom stereocenters. The summed E-state index contributed by atoms with van der Waals surface area (Å²) < 4.78 is 27.7. The minimum atomic E-state index is -3.97. The third-order valence-electron chi connectivity index (χ3n) is 4.40. The van der Waals surface area contributed by atoms with Crippen LogP contribution in [0, 0.1) is 0 Å². The molecule has 1 amide bonds. The van der Waals surface area contributed by atoms with Gasteiger partial charge in [0.2, 0.25) is 15.9 Å². The van der Waals surface area contributed by atoms with E-state index in [9.17, 15) is 13.2 Å². The first-order valence-corrected chi connectivity index (χ1v) is 12.6. The van der Waals surface area contributed by atoms with Gasteiger partial charge in [-0.15, -0.1) is 11.8 Å². The van der Waals surface area contributed by atoms with E-state index >= 15 is 0 Å². The van der Waals surface area contributed by atoms with Gasteiger partial charge in [0.1, 0.15) is 0 Å². The molecule has 0 saturated heterocycles. The Morgan fingerprint density at radius 1 is 0.968 bits per heavy atom. The molecule has 0 aliphatic carbocycles. The maximum absolute atomic E-state index is 13.3. The molecule has 0 spiro atoms.